The van der Waals surface area contributed by atoms with Crippen LogP contribution in [0.25, 0.3) is 11.3 Å². The first-order valence-corrected chi connectivity index (χ1v) is 11.7. The lowest BCUT2D eigenvalue weighted by molar-refractivity contribution is 0.0393. The van der Waals surface area contributed by atoms with Crippen LogP contribution < -0.4 is 14.3 Å². The maximum atomic E-state index is 6.24. The minimum atomic E-state index is 0.250. The Bertz CT molecular complexity index is 1180. The third-order valence-electron chi connectivity index (χ3n) is 5.29. The number of fused-ring (bicyclic) bond motifs is 1. The second-order valence-electron chi connectivity index (χ2n) is 7.42. The Labute approximate surface area is 195 Å². The van der Waals surface area contributed by atoms with Crippen LogP contribution in [-0.2, 0) is 4.74 Å². The summed E-state index contributed by atoms with van der Waals surface area (Å²) in [5, 5.41) is 7.52. The van der Waals surface area contributed by atoms with Gasteiger partial charge in [-0.15, -0.1) is 11.3 Å². The van der Waals surface area contributed by atoms with Gasteiger partial charge in [0.1, 0.15) is 0 Å². The molecule has 0 saturated carbocycles. The summed E-state index contributed by atoms with van der Waals surface area (Å²) in [6.07, 6.45) is 1.81. The summed E-state index contributed by atoms with van der Waals surface area (Å²) in [7, 11) is 0. The molecule has 9 heteroatoms. The third kappa shape index (κ3) is 4.88. The number of thiazole rings is 1. The molecule has 0 spiro atoms. The summed E-state index contributed by atoms with van der Waals surface area (Å²) in [6.45, 7) is 5.34. The number of nitrogens with zero attached hydrogens (tertiary/aromatic N) is 4. The van der Waals surface area contributed by atoms with Gasteiger partial charge in [-0.1, -0.05) is 23.7 Å². The van der Waals surface area contributed by atoms with E-state index >= 15 is 0 Å². The molecule has 1 fully saturated rings. The monoisotopic (exact) mass is 470 g/mol. The highest BCUT2D eigenvalue weighted by Crippen LogP contribution is 2.32. The van der Waals surface area contributed by atoms with E-state index in [4.69, 9.17) is 35.9 Å². The molecule has 1 aromatic heterocycles. The zero-order valence-electron chi connectivity index (χ0n) is 17.4. The average molecular weight is 471 g/mol. The van der Waals surface area contributed by atoms with Gasteiger partial charge in [-0.05, 0) is 35.9 Å². The molecule has 0 atom stereocenters. The van der Waals surface area contributed by atoms with Crippen molar-refractivity contribution in [3.05, 3.63) is 63.2 Å². The van der Waals surface area contributed by atoms with E-state index in [9.17, 15) is 0 Å². The first kappa shape index (κ1) is 21.2. The molecule has 166 valence electrons. The topological polar surface area (TPSA) is 60.6 Å². The second kappa shape index (κ2) is 9.87. The Morgan fingerprint density at radius 3 is 2.81 bits per heavy atom. The van der Waals surface area contributed by atoms with Crippen LogP contribution in [0.2, 0.25) is 5.02 Å². The fourth-order valence-electron chi connectivity index (χ4n) is 3.60. The lowest BCUT2D eigenvalue weighted by atomic mass is 10.2. The van der Waals surface area contributed by atoms with Crippen molar-refractivity contribution in [1.82, 2.24) is 9.58 Å². The summed E-state index contributed by atoms with van der Waals surface area (Å²) in [5.74, 6) is 1.48. The van der Waals surface area contributed by atoms with Gasteiger partial charge in [-0.25, -0.2) is 4.68 Å². The SMILES string of the molecule is Clc1cccc(-c2csc(=NCCN3CCOCC3)n2/N=C\c2ccc3c(c2)OCO3)c1. The summed E-state index contributed by atoms with van der Waals surface area (Å²) in [4.78, 5) is 8.06. The van der Waals surface area contributed by atoms with Crippen LogP contribution in [0.1, 0.15) is 5.56 Å². The van der Waals surface area contributed by atoms with Crippen LogP contribution in [0.15, 0.2) is 57.9 Å². The predicted molar refractivity (Wildman–Crippen MR) is 126 cm³/mol. The molecule has 1 saturated heterocycles. The lowest BCUT2D eigenvalue weighted by Crippen LogP contribution is -2.38. The molecule has 0 unspecified atom stereocenters. The summed E-state index contributed by atoms with van der Waals surface area (Å²) >= 11 is 7.81. The molecule has 3 heterocycles. The molecule has 0 radical (unpaired) electrons. The van der Waals surface area contributed by atoms with Crippen molar-refractivity contribution in [2.75, 3.05) is 46.2 Å². The minimum Gasteiger partial charge on any atom is -0.454 e. The Balaban J connectivity index is 1.44. The molecule has 0 N–H and O–H groups in total. The van der Waals surface area contributed by atoms with Gasteiger partial charge in [0.05, 0.1) is 31.7 Å². The van der Waals surface area contributed by atoms with E-state index in [1.54, 1.807) is 11.3 Å². The Hall–Kier alpha value is -2.65. The highest BCUT2D eigenvalue weighted by atomic mass is 35.5. The van der Waals surface area contributed by atoms with Crippen LogP contribution in [-0.4, -0.2) is 62.0 Å². The third-order valence-corrected chi connectivity index (χ3v) is 6.38. The number of halogens is 1. The van der Waals surface area contributed by atoms with Crippen molar-refractivity contribution in [2.45, 2.75) is 0 Å². The number of morpholine rings is 1. The molecule has 0 aliphatic carbocycles. The summed E-state index contributed by atoms with van der Waals surface area (Å²) < 4.78 is 18.2. The normalized spacial score (nSPS) is 16.8. The fourth-order valence-corrected chi connectivity index (χ4v) is 4.65. The van der Waals surface area contributed by atoms with Gasteiger partial charge in [0.25, 0.3) is 0 Å². The standard InChI is InChI=1S/C23H23ClN4O3S/c24-19-3-1-2-18(13-19)20-15-32-23(25-6-7-27-8-10-29-11-9-27)28(20)26-14-17-4-5-21-22(12-17)31-16-30-21/h1-5,12-15H,6-11,16H2/b25-23?,26-14-. The molecule has 2 aliphatic heterocycles. The smallest absolute Gasteiger partial charge is 0.231 e. The zero-order valence-corrected chi connectivity index (χ0v) is 19.0. The Morgan fingerprint density at radius 1 is 1.06 bits per heavy atom. The van der Waals surface area contributed by atoms with Gasteiger partial charge >= 0.3 is 0 Å². The van der Waals surface area contributed by atoms with Crippen LogP contribution in [0, 0.1) is 0 Å². The first-order valence-electron chi connectivity index (χ1n) is 10.5. The van der Waals surface area contributed by atoms with E-state index in [-0.39, 0.29) is 6.79 Å². The van der Waals surface area contributed by atoms with Gasteiger partial charge in [0, 0.05) is 35.6 Å². The van der Waals surface area contributed by atoms with Crippen molar-refractivity contribution < 1.29 is 14.2 Å². The quantitative estimate of drug-likeness (QED) is 0.515. The lowest BCUT2D eigenvalue weighted by Gasteiger charge is -2.25. The van der Waals surface area contributed by atoms with E-state index in [2.05, 4.69) is 10.3 Å². The van der Waals surface area contributed by atoms with E-state index in [1.807, 2.05) is 53.4 Å². The number of aromatic nitrogens is 1. The number of ether oxygens (including phenoxy) is 3. The number of hydrogen-bond acceptors (Lipinski definition) is 7. The molecule has 3 aromatic rings. The highest BCUT2D eigenvalue weighted by Gasteiger charge is 2.13. The Morgan fingerprint density at radius 2 is 1.94 bits per heavy atom. The summed E-state index contributed by atoms with van der Waals surface area (Å²) in [5.41, 5.74) is 2.86. The van der Waals surface area contributed by atoms with Crippen LogP contribution in [0.5, 0.6) is 11.5 Å². The molecule has 5 rings (SSSR count). The van der Waals surface area contributed by atoms with Crippen molar-refractivity contribution in [3.8, 4) is 22.8 Å². The second-order valence-corrected chi connectivity index (χ2v) is 8.69. The largest absolute Gasteiger partial charge is 0.454 e. The first-order chi connectivity index (χ1) is 15.8. The molecule has 0 amide bonds. The van der Waals surface area contributed by atoms with Crippen LogP contribution in [0.3, 0.4) is 0 Å². The van der Waals surface area contributed by atoms with Crippen molar-refractivity contribution in [3.63, 3.8) is 0 Å². The highest BCUT2D eigenvalue weighted by molar-refractivity contribution is 7.07. The average Bonchev–Trinajstić information content (AvgIpc) is 3.45. The van der Waals surface area contributed by atoms with E-state index in [1.165, 1.54) is 0 Å². The van der Waals surface area contributed by atoms with Crippen molar-refractivity contribution >= 4 is 29.2 Å². The minimum absolute atomic E-state index is 0.250. The summed E-state index contributed by atoms with van der Waals surface area (Å²) in [6, 6.07) is 13.5. The van der Waals surface area contributed by atoms with Crippen molar-refractivity contribution in [2.24, 2.45) is 10.1 Å². The van der Waals surface area contributed by atoms with Gasteiger partial charge in [0.2, 0.25) is 11.6 Å². The molecular formula is C23H23ClN4O3S. The van der Waals surface area contributed by atoms with Gasteiger partial charge in [-0.2, -0.15) is 5.10 Å². The number of benzene rings is 2. The fraction of sp³-hybridized carbons (Fsp3) is 0.304. The molecule has 0 bridgehead atoms. The van der Waals surface area contributed by atoms with Crippen LogP contribution >= 0.6 is 22.9 Å². The van der Waals surface area contributed by atoms with E-state index in [0.717, 1.165) is 66.0 Å². The van der Waals surface area contributed by atoms with Crippen molar-refractivity contribution in [1.29, 1.82) is 0 Å². The van der Waals surface area contributed by atoms with Gasteiger partial charge in [0.15, 0.2) is 11.5 Å². The predicted octanol–water partition coefficient (Wildman–Crippen LogP) is 3.71. The van der Waals surface area contributed by atoms with Crippen LogP contribution in [0.4, 0.5) is 0 Å². The number of hydrogen-bond donors (Lipinski definition) is 0. The molecule has 32 heavy (non-hydrogen) atoms. The maximum Gasteiger partial charge on any atom is 0.231 e. The molecule has 2 aliphatic rings. The molecular weight excluding hydrogens is 448 g/mol. The zero-order chi connectivity index (χ0) is 21.8. The maximum absolute atomic E-state index is 6.24. The van der Waals surface area contributed by atoms with Gasteiger partial charge in [-0.3, -0.25) is 9.89 Å². The van der Waals surface area contributed by atoms with E-state index < -0.39 is 0 Å². The van der Waals surface area contributed by atoms with E-state index in [0.29, 0.717) is 11.6 Å². The number of rotatable bonds is 6. The molecule has 7 nitrogen and oxygen atoms in total. The van der Waals surface area contributed by atoms with Gasteiger partial charge < -0.3 is 14.2 Å². The Kier molecular flexibility index (Phi) is 6.54. The molecule has 2 aromatic carbocycles.